The van der Waals surface area contributed by atoms with Crippen molar-refractivity contribution in [1.29, 1.82) is 0 Å². The molecular weight excluding hydrogens is 465 g/mol. The van der Waals surface area contributed by atoms with Crippen LogP contribution in [0.4, 0.5) is 35.3 Å². The monoisotopic (exact) mass is 488 g/mol. The number of hydrogen-bond donors (Lipinski definition) is 3. The Balaban J connectivity index is 1.32. The zero-order chi connectivity index (χ0) is 24.7. The lowest BCUT2D eigenvalue weighted by Crippen LogP contribution is -2.47. The van der Waals surface area contributed by atoms with Crippen LogP contribution in [0.2, 0.25) is 0 Å². The molecule has 184 valence electrons. The molecular formula is C22H23F3N8O2. The van der Waals surface area contributed by atoms with E-state index in [2.05, 4.69) is 25.7 Å². The van der Waals surface area contributed by atoms with Gasteiger partial charge in [-0.2, -0.15) is 5.10 Å². The van der Waals surface area contributed by atoms with Crippen molar-refractivity contribution in [3.05, 3.63) is 59.9 Å². The van der Waals surface area contributed by atoms with Gasteiger partial charge in [0, 0.05) is 43.2 Å². The van der Waals surface area contributed by atoms with E-state index < -0.39 is 29.7 Å². The van der Waals surface area contributed by atoms with Crippen LogP contribution in [0.25, 0.3) is 0 Å². The fraction of sp³-hybridized carbons (Fsp3) is 0.364. The SMILES string of the molecule is C[C@H]1Cn2ncc(N3CC(Nc4ncccn4)CC3O)c2CN1C(=O)Nc1cc(F)c(F)c(F)c1. The number of carbonyl (C=O) groups excluding carboxylic acids is 1. The first-order valence-electron chi connectivity index (χ1n) is 11.0. The number of urea groups is 1. The summed E-state index contributed by atoms with van der Waals surface area (Å²) in [6, 6.07) is 2.19. The highest BCUT2D eigenvalue weighted by atomic mass is 19.2. The van der Waals surface area contributed by atoms with Crippen molar-refractivity contribution < 1.29 is 23.1 Å². The number of rotatable bonds is 4. The quantitative estimate of drug-likeness (QED) is 0.484. The molecule has 5 rings (SSSR count). The lowest BCUT2D eigenvalue weighted by atomic mass is 10.2. The Morgan fingerprint density at radius 1 is 1.14 bits per heavy atom. The molecule has 35 heavy (non-hydrogen) atoms. The maximum absolute atomic E-state index is 13.6. The molecule has 2 amide bonds. The third-order valence-corrected chi connectivity index (χ3v) is 6.19. The Labute approximate surface area is 198 Å². The van der Waals surface area contributed by atoms with Gasteiger partial charge >= 0.3 is 6.03 Å². The van der Waals surface area contributed by atoms with E-state index in [-0.39, 0.29) is 24.3 Å². The summed E-state index contributed by atoms with van der Waals surface area (Å²) >= 11 is 0. The summed E-state index contributed by atoms with van der Waals surface area (Å²) in [4.78, 5) is 24.5. The summed E-state index contributed by atoms with van der Waals surface area (Å²) in [5, 5.41) is 20.8. The lowest BCUT2D eigenvalue weighted by molar-refractivity contribution is 0.160. The molecule has 2 unspecified atom stereocenters. The normalized spacial score (nSPS) is 21.7. The van der Waals surface area contributed by atoms with E-state index in [0.717, 1.165) is 12.1 Å². The molecule has 2 aliphatic rings. The molecule has 0 radical (unpaired) electrons. The van der Waals surface area contributed by atoms with Gasteiger partial charge in [0.15, 0.2) is 17.5 Å². The van der Waals surface area contributed by atoms with E-state index >= 15 is 0 Å². The van der Waals surface area contributed by atoms with Gasteiger partial charge < -0.3 is 25.5 Å². The topological polar surface area (TPSA) is 111 Å². The van der Waals surface area contributed by atoms with Crippen molar-refractivity contribution in [2.45, 2.75) is 44.7 Å². The molecule has 1 fully saturated rings. The average Bonchev–Trinajstić information content (AvgIpc) is 3.39. The second kappa shape index (κ2) is 9.06. The number of fused-ring (bicyclic) bond motifs is 1. The Kier molecular flexibility index (Phi) is 5.93. The highest BCUT2D eigenvalue weighted by Crippen LogP contribution is 2.32. The second-order valence-electron chi connectivity index (χ2n) is 8.60. The minimum Gasteiger partial charge on any atom is -0.374 e. The summed E-state index contributed by atoms with van der Waals surface area (Å²) in [6.07, 6.45) is 4.56. The molecule has 2 aromatic heterocycles. The smallest absolute Gasteiger partial charge is 0.322 e. The van der Waals surface area contributed by atoms with E-state index in [1.54, 1.807) is 34.2 Å². The molecule has 0 bridgehead atoms. The number of aliphatic hydroxyl groups excluding tert-OH is 1. The van der Waals surface area contributed by atoms with Crippen molar-refractivity contribution >= 4 is 23.4 Å². The van der Waals surface area contributed by atoms with Gasteiger partial charge in [0.25, 0.3) is 0 Å². The van der Waals surface area contributed by atoms with E-state index in [4.69, 9.17) is 0 Å². The molecule has 10 nitrogen and oxygen atoms in total. The summed E-state index contributed by atoms with van der Waals surface area (Å²) in [6.45, 7) is 2.82. The molecule has 13 heteroatoms. The van der Waals surface area contributed by atoms with Gasteiger partial charge in [-0.25, -0.2) is 27.9 Å². The molecule has 3 atom stereocenters. The van der Waals surface area contributed by atoms with Crippen LogP contribution < -0.4 is 15.5 Å². The van der Waals surface area contributed by atoms with Gasteiger partial charge in [-0.3, -0.25) is 4.68 Å². The van der Waals surface area contributed by atoms with Crippen molar-refractivity contribution in [2.24, 2.45) is 0 Å². The van der Waals surface area contributed by atoms with Gasteiger partial charge in [0.1, 0.15) is 6.23 Å². The number of nitrogens with one attached hydrogen (secondary N) is 2. The van der Waals surface area contributed by atoms with E-state index in [0.29, 0.717) is 36.8 Å². The van der Waals surface area contributed by atoms with Crippen LogP contribution in [0.15, 0.2) is 36.8 Å². The Bertz CT molecular complexity index is 1220. The molecule has 3 N–H and O–H groups in total. The van der Waals surface area contributed by atoms with E-state index in [1.165, 1.54) is 4.90 Å². The lowest BCUT2D eigenvalue weighted by Gasteiger charge is -2.35. The molecule has 1 aromatic carbocycles. The van der Waals surface area contributed by atoms with E-state index in [9.17, 15) is 23.1 Å². The zero-order valence-electron chi connectivity index (χ0n) is 18.7. The van der Waals surface area contributed by atoms with Crippen LogP contribution in [-0.4, -0.2) is 60.6 Å². The average molecular weight is 488 g/mol. The minimum atomic E-state index is -1.60. The molecule has 0 aliphatic carbocycles. The maximum Gasteiger partial charge on any atom is 0.322 e. The summed E-state index contributed by atoms with van der Waals surface area (Å²) in [5.41, 5.74) is 1.20. The predicted octanol–water partition coefficient (Wildman–Crippen LogP) is 2.54. The van der Waals surface area contributed by atoms with E-state index in [1.807, 2.05) is 6.92 Å². The number of aromatic nitrogens is 4. The van der Waals surface area contributed by atoms with Crippen molar-refractivity contribution in [3.63, 3.8) is 0 Å². The molecule has 0 saturated carbocycles. The van der Waals surface area contributed by atoms with Crippen LogP contribution in [0.3, 0.4) is 0 Å². The molecule has 4 heterocycles. The number of halogens is 3. The second-order valence-corrected chi connectivity index (χ2v) is 8.60. The van der Waals surface area contributed by atoms with Crippen molar-refractivity contribution in [2.75, 3.05) is 22.1 Å². The van der Waals surface area contributed by atoms with Crippen LogP contribution in [0.5, 0.6) is 0 Å². The van der Waals surface area contributed by atoms with Gasteiger partial charge in [-0.1, -0.05) is 0 Å². The highest BCUT2D eigenvalue weighted by molar-refractivity contribution is 5.89. The number of aliphatic hydroxyl groups is 1. The molecule has 3 aromatic rings. The zero-order valence-corrected chi connectivity index (χ0v) is 18.7. The van der Waals surface area contributed by atoms with Crippen LogP contribution >= 0.6 is 0 Å². The number of nitrogens with zero attached hydrogens (tertiary/aromatic N) is 6. The number of anilines is 3. The number of amides is 2. The van der Waals surface area contributed by atoms with Crippen LogP contribution in [0, 0.1) is 17.5 Å². The summed E-state index contributed by atoms with van der Waals surface area (Å²) in [5.74, 6) is -3.91. The standard InChI is InChI=1S/C22H23F3N8O2/c1-12-9-33-18(11-31(12)22(35)30-13-5-15(23)20(25)16(24)6-13)17(8-28-33)32-10-14(7-19(32)34)29-21-26-3-2-4-27-21/h2-6,8,12,14,19,34H,7,9-11H2,1H3,(H,30,35)(H,26,27,29)/t12-,14?,19?/m0/s1. The van der Waals surface area contributed by atoms with Crippen molar-refractivity contribution in [1.82, 2.24) is 24.6 Å². The third-order valence-electron chi connectivity index (χ3n) is 6.19. The highest BCUT2D eigenvalue weighted by Gasteiger charge is 2.36. The minimum absolute atomic E-state index is 0.104. The Morgan fingerprint density at radius 2 is 1.86 bits per heavy atom. The van der Waals surface area contributed by atoms with Crippen LogP contribution in [0.1, 0.15) is 19.0 Å². The summed E-state index contributed by atoms with van der Waals surface area (Å²) in [7, 11) is 0. The van der Waals surface area contributed by atoms with Gasteiger partial charge in [-0.15, -0.1) is 0 Å². The van der Waals surface area contributed by atoms with Crippen molar-refractivity contribution in [3.8, 4) is 0 Å². The fourth-order valence-electron chi connectivity index (χ4n) is 4.46. The molecule has 2 aliphatic heterocycles. The third kappa shape index (κ3) is 4.46. The van der Waals surface area contributed by atoms with Gasteiger partial charge in [-0.05, 0) is 13.0 Å². The Hall–Kier alpha value is -3.87. The molecule has 1 saturated heterocycles. The van der Waals surface area contributed by atoms with Crippen LogP contribution in [-0.2, 0) is 13.1 Å². The number of hydrogen-bond acceptors (Lipinski definition) is 7. The number of benzene rings is 1. The Morgan fingerprint density at radius 3 is 2.57 bits per heavy atom. The first kappa shape index (κ1) is 22.9. The largest absolute Gasteiger partial charge is 0.374 e. The number of carbonyl (C=O) groups is 1. The predicted molar refractivity (Wildman–Crippen MR) is 120 cm³/mol. The van der Waals surface area contributed by atoms with Gasteiger partial charge in [0.05, 0.1) is 42.8 Å². The maximum atomic E-state index is 13.6. The first-order valence-corrected chi connectivity index (χ1v) is 11.0. The fourth-order valence-corrected chi connectivity index (χ4v) is 4.46. The molecule has 0 spiro atoms. The summed E-state index contributed by atoms with van der Waals surface area (Å²) < 4.78 is 42.1. The van der Waals surface area contributed by atoms with Gasteiger partial charge in [0.2, 0.25) is 5.95 Å². The first-order chi connectivity index (χ1) is 16.8.